The van der Waals surface area contributed by atoms with Crippen LogP contribution in [0.2, 0.25) is 0 Å². The number of aryl methyl sites for hydroxylation is 3. The number of aliphatic hydroxyl groups excluding tert-OH is 1. The van der Waals surface area contributed by atoms with Gasteiger partial charge in [0.25, 0.3) is 5.91 Å². The van der Waals surface area contributed by atoms with Crippen molar-refractivity contribution >= 4 is 11.6 Å². The zero-order chi connectivity index (χ0) is 14.7. The number of anilines is 1. The maximum atomic E-state index is 12.2. The number of carbonyl (C=O) groups is 1. The van der Waals surface area contributed by atoms with Gasteiger partial charge in [-0.15, -0.1) is 0 Å². The molecular weight excluding hydrogens is 254 g/mol. The Balaban J connectivity index is 2.27. The highest BCUT2D eigenvalue weighted by Gasteiger charge is 2.12. The van der Waals surface area contributed by atoms with Crippen LogP contribution in [0, 0.1) is 20.8 Å². The number of aromatic nitrogens is 2. The Morgan fingerprint density at radius 3 is 2.70 bits per heavy atom. The van der Waals surface area contributed by atoms with Crippen LogP contribution < -0.4 is 5.32 Å². The third-order valence-corrected chi connectivity index (χ3v) is 3.08. The fourth-order valence-corrected chi connectivity index (χ4v) is 1.90. The average Bonchev–Trinajstić information content (AvgIpc) is 2.41. The average molecular weight is 271 g/mol. The summed E-state index contributed by atoms with van der Waals surface area (Å²) in [5, 5.41) is 12.0. The van der Waals surface area contributed by atoms with E-state index in [2.05, 4.69) is 15.3 Å². The van der Waals surface area contributed by atoms with Gasteiger partial charge in [0.1, 0.15) is 5.82 Å². The van der Waals surface area contributed by atoms with Crippen LogP contribution in [0.1, 0.15) is 33.0 Å². The first-order valence-electron chi connectivity index (χ1n) is 6.33. The van der Waals surface area contributed by atoms with Gasteiger partial charge in [-0.2, -0.15) is 0 Å². The summed E-state index contributed by atoms with van der Waals surface area (Å²) in [6, 6.07) is 5.45. The second-order valence-corrected chi connectivity index (χ2v) is 4.68. The van der Waals surface area contributed by atoms with Gasteiger partial charge in [-0.3, -0.25) is 4.79 Å². The highest BCUT2D eigenvalue weighted by atomic mass is 16.3. The van der Waals surface area contributed by atoms with Gasteiger partial charge in [0, 0.05) is 11.9 Å². The first kappa shape index (κ1) is 14.1. The molecule has 0 atom stereocenters. The number of nitrogens with zero attached hydrogens (tertiary/aromatic N) is 2. The Kier molecular flexibility index (Phi) is 4.10. The Hall–Kier alpha value is -2.27. The number of rotatable bonds is 3. The molecule has 2 rings (SSSR count). The van der Waals surface area contributed by atoms with Crippen molar-refractivity contribution in [2.75, 3.05) is 5.32 Å². The number of benzene rings is 1. The number of hydrogen-bond donors (Lipinski definition) is 2. The van der Waals surface area contributed by atoms with Gasteiger partial charge in [0.2, 0.25) is 0 Å². The lowest BCUT2D eigenvalue weighted by molar-refractivity contribution is 0.102. The molecule has 1 aromatic carbocycles. The molecule has 0 saturated carbocycles. The van der Waals surface area contributed by atoms with Crippen LogP contribution in [0.15, 0.2) is 24.4 Å². The van der Waals surface area contributed by atoms with E-state index in [9.17, 15) is 4.79 Å². The number of hydrogen-bond acceptors (Lipinski definition) is 4. The molecule has 5 heteroatoms. The lowest BCUT2D eigenvalue weighted by atomic mass is 10.1. The number of carbonyl (C=O) groups excluding carboxylic acids is 1. The highest BCUT2D eigenvalue weighted by molar-refractivity contribution is 6.05. The molecule has 2 aromatic rings. The summed E-state index contributed by atoms with van der Waals surface area (Å²) in [6.45, 7) is 5.40. The molecule has 0 aliphatic heterocycles. The molecule has 0 aliphatic carbocycles. The lowest BCUT2D eigenvalue weighted by Gasteiger charge is -2.11. The predicted molar refractivity (Wildman–Crippen MR) is 76.6 cm³/mol. The van der Waals surface area contributed by atoms with E-state index in [1.165, 1.54) is 6.20 Å². The van der Waals surface area contributed by atoms with E-state index in [1.54, 1.807) is 19.9 Å². The molecule has 2 N–H and O–H groups in total. The third-order valence-electron chi connectivity index (χ3n) is 3.08. The topological polar surface area (TPSA) is 75.1 Å². The van der Waals surface area contributed by atoms with Crippen LogP contribution in [0.5, 0.6) is 0 Å². The van der Waals surface area contributed by atoms with Crippen molar-refractivity contribution in [3.8, 4) is 0 Å². The zero-order valence-corrected chi connectivity index (χ0v) is 11.8. The van der Waals surface area contributed by atoms with Crippen LogP contribution in [0.3, 0.4) is 0 Å². The minimum atomic E-state index is -0.249. The first-order valence-corrected chi connectivity index (χ1v) is 6.33. The normalized spacial score (nSPS) is 10.4. The van der Waals surface area contributed by atoms with Gasteiger partial charge in [0.05, 0.1) is 17.9 Å². The van der Waals surface area contributed by atoms with Gasteiger partial charge in [-0.05, 0) is 38.0 Å². The van der Waals surface area contributed by atoms with E-state index in [4.69, 9.17) is 5.11 Å². The molecule has 0 unspecified atom stereocenters. The Bertz CT molecular complexity index is 654. The number of aliphatic hydroxyl groups is 1. The molecule has 0 radical (unpaired) electrons. The maximum absolute atomic E-state index is 12.2. The fraction of sp³-hybridized carbons (Fsp3) is 0.267. The van der Waals surface area contributed by atoms with Crippen molar-refractivity contribution in [3.05, 3.63) is 52.6 Å². The SMILES string of the molecule is Cc1ncc(C(=O)Nc2cc(CO)ccc2C)c(C)n1. The van der Waals surface area contributed by atoms with Crippen molar-refractivity contribution in [2.45, 2.75) is 27.4 Å². The molecule has 0 bridgehead atoms. The molecule has 104 valence electrons. The van der Waals surface area contributed by atoms with Crippen LogP contribution in [0.4, 0.5) is 5.69 Å². The first-order chi connectivity index (χ1) is 9.51. The summed E-state index contributed by atoms with van der Waals surface area (Å²) in [5.41, 5.74) is 3.46. The van der Waals surface area contributed by atoms with E-state index in [0.717, 1.165) is 11.1 Å². The van der Waals surface area contributed by atoms with Gasteiger partial charge in [0.15, 0.2) is 0 Å². The van der Waals surface area contributed by atoms with Gasteiger partial charge in [-0.25, -0.2) is 9.97 Å². The van der Waals surface area contributed by atoms with Crippen molar-refractivity contribution in [1.29, 1.82) is 0 Å². The van der Waals surface area contributed by atoms with E-state index in [1.807, 2.05) is 19.1 Å². The second-order valence-electron chi connectivity index (χ2n) is 4.68. The van der Waals surface area contributed by atoms with Gasteiger partial charge >= 0.3 is 0 Å². The van der Waals surface area contributed by atoms with Gasteiger partial charge < -0.3 is 10.4 Å². The van der Waals surface area contributed by atoms with Crippen LogP contribution in [-0.4, -0.2) is 21.0 Å². The minimum absolute atomic E-state index is 0.0597. The van der Waals surface area contributed by atoms with Crippen LogP contribution in [-0.2, 0) is 6.61 Å². The summed E-state index contributed by atoms with van der Waals surface area (Å²) < 4.78 is 0. The van der Waals surface area contributed by atoms with E-state index >= 15 is 0 Å². The molecule has 1 amide bonds. The predicted octanol–water partition coefficient (Wildman–Crippen LogP) is 2.15. The Labute approximate surface area is 117 Å². The summed E-state index contributed by atoms with van der Waals surface area (Å²) >= 11 is 0. The summed E-state index contributed by atoms with van der Waals surface area (Å²) in [7, 11) is 0. The van der Waals surface area contributed by atoms with Crippen LogP contribution >= 0.6 is 0 Å². The minimum Gasteiger partial charge on any atom is -0.392 e. The van der Waals surface area contributed by atoms with Crippen molar-refractivity contribution in [3.63, 3.8) is 0 Å². The molecular formula is C15H17N3O2. The summed E-state index contributed by atoms with van der Waals surface area (Å²) in [6.07, 6.45) is 1.53. The summed E-state index contributed by atoms with van der Waals surface area (Å²) in [4.78, 5) is 20.5. The third kappa shape index (κ3) is 3.00. The molecule has 20 heavy (non-hydrogen) atoms. The van der Waals surface area contributed by atoms with Crippen LogP contribution in [0.25, 0.3) is 0 Å². The van der Waals surface area contributed by atoms with Crippen molar-refractivity contribution in [1.82, 2.24) is 9.97 Å². The monoisotopic (exact) mass is 271 g/mol. The zero-order valence-electron chi connectivity index (χ0n) is 11.8. The highest BCUT2D eigenvalue weighted by Crippen LogP contribution is 2.18. The standard InChI is InChI=1S/C15H17N3O2/c1-9-4-5-12(8-19)6-14(9)18-15(20)13-7-16-11(3)17-10(13)2/h4-7,19H,8H2,1-3H3,(H,18,20). The van der Waals surface area contributed by atoms with E-state index < -0.39 is 0 Å². The smallest absolute Gasteiger partial charge is 0.259 e. The van der Waals surface area contributed by atoms with E-state index in [-0.39, 0.29) is 12.5 Å². The lowest BCUT2D eigenvalue weighted by Crippen LogP contribution is -2.16. The molecule has 0 spiro atoms. The molecule has 1 heterocycles. The number of nitrogens with one attached hydrogen (secondary N) is 1. The van der Waals surface area contributed by atoms with Crippen molar-refractivity contribution < 1.29 is 9.90 Å². The fourth-order valence-electron chi connectivity index (χ4n) is 1.90. The Morgan fingerprint density at radius 1 is 1.30 bits per heavy atom. The maximum Gasteiger partial charge on any atom is 0.259 e. The second kappa shape index (κ2) is 5.79. The number of amides is 1. The molecule has 0 fully saturated rings. The van der Waals surface area contributed by atoms with Gasteiger partial charge in [-0.1, -0.05) is 12.1 Å². The molecule has 5 nitrogen and oxygen atoms in total. The summed E-state index contributed by atoms with van der Waals surface area (Å²) in [5.74, 6) is 0.387. The van der Waals surface area contributed by atoms with E-state index in [0.29, 0.717) is 22.8 Å². The molecule has 1 aromatic heterocycles. The molecule has 0 saturated heterocycles. The Morgan fingerprint density at radius 2 is 2.05 bits per heavy atom. The van der Waals surface area contributed by atoms with Crippen molar-refractivity contribution in [2.24, 2.45) is 0 Å². The largest absolute Gasteiger partial charge is 0.392 e. The quantitative estimate of drug-likeness (QED) is 0.897. The molecule has 0 aliphatic rings.